The molecule has 124 valence electrons. The van der Waals surface area contributed by atoms with Crippen molar-refractivity contribution in [3.63, 3.8) is 0 Å². The van der Waals surface area contributed by atoms with Gasteiger partial charge >= 0.3 is 0 Å². The molecule has 0 aliphatic carbocycles. The largest absolute Gasteiger partial charge is 0.497 e. The van der Waals surface area contributed by atoms with Gasteiger partial charge in [-0.05, 0) is 37.4 Å². The van der Waals surface area contributed by atoms with E-state index in [-0.39, 0.29) is 0 Å². The number of rotatable bonds is 3. The Hall–Kier alpha value is -2.60. The van der Waals surface area contributed by atoms with Gasteiger partial charge < -0.3 is 19.5 Å². The van der Waals surface area contributed by atoms with Crippen LogP contribution in [0, 0.1) is 0 Å². The maximum atomic E-state index is 5.22. The Balaban J connectivity index is 1.71. The summed E-state index contributed by atoms with van der Waals surface area (Å²) in [5, 5.41) is 0. The third kappa shape index (κ3) is 2.69. The topological polar surface area (TPSA) is 57.3 Å². The van der Waals surface area contributed by atoms with Gasteiger partial charge in [0.15, 0.2) is 5.82 Å². The summed E-state index contributed by atoms with van der Waals surface area (Å²) in [7, 11) is 3.83. The third-order valence-corrected chi connectivity index (χ3v) is 4.55. The predicted molar refractivity (Wildman–Crippen MR) is 95.6 cm³/mol. The number of H-pyrrole nitrogens is 1. The number of anilines is 1. The van der Waals surface area contributed by atoms with E-state index >= 15 is 0 Å². The molecule has 0 atom stereocenters. The molecule has 1 aliphatic rings. The first-order valence-electron chi connectivity index (χ1n) is 8.17. The summed E-state index contributed by atoms with van der Waals surface area (Å²) < 4.78 is 5.22. The number of benzene rings is 1. The van der Waals surface area contributed by atoms with E-state index in [0.29, 0.717) is 0 Å². The first-order chi connectivity index (χ1) is 11.7. The van der Waals surface area contributed by atoms with Crippen molar-refractivity contribution in [3.05, 3.63) is 36.5 Å². The van der Waals surface area contributed by atoms with Crippen LogP contribution in [0.4, 0.5) is 5.82 Å². The Morgan fingerprint density at radius 2 is 1.79 bits per heavy atom. The summed E-state index contributed by atoms with van der Waals surface area (Å²) in [6, 6.07) is 9.90. The number of nitrogens with zero attached hydrogens (tertiary/aromatic N) is 4. The molecule has 2 aromatic heterocycles. The van der Waals surface area contributed by atoms with Crippen LogP contribution in [-0.2, 0) is 0 Å². The quantitative estimate of drug-likeness (QED) is 0.802. The van der Waals surface area contributed by atoms with E-state index in [0.717, 1.165) is 60.2 Å². The van der Waals surface area contributed by atoms with Gasteiger partial charge in [-0.3, -0.25) is 0 Å². The molecule has 6 nitrogen and oxygen atoms in total. The third-order valence-electron chi connectivity index (χ3n) is 4.55. The first kappa shape index (κ1) is 15.0. The molecule has 0 radical (unpaired) electrons. The lowest BCUT2D eigenvalue weighted by Crippen LogP contribution is -2.44. The summed E-state index contributed by atoms with van der Waals surface area (Å²) in [5.74, 6) is 2.67. The zero-order valence-corrected chi connectivity index (χ0v) is 14.0. The van der Waals surface area contributed by atoms with Crippen LogP contribution in [0.3, 0.4) is 0 Å². The monoisotopic (exact) mass is 323 g/mol. The zero-order chi connectivity index (χ0) is 16.5. The van der Waals surface area contributed by atoms with Crippen molar-refractivity contribution in [2.75, 3.05) is 45.2 Å². The van der Waals surface area contributed by atoms with E-state index in [1.54, 1.807) is 7.11 Å². The minimum atomic E-state index is 0.842. The Bertz CT molecular complexity index is 834. The number of piperazine rings is 1. The van der Waals surface area contributed by atoms with Gasteiger partial charge in [0.05, 0.1) is 12.6 Å². The minimum absolute atomic E-state index is 0.842. The molecular weight excluding hydrogens is 302 g/mol. The summed E-state index contributed by atoms with van der Waals surface area (Å²) in [4.78, 5) is 17.5. The molecule has 1 aromatic carbocycles. The van der Waals surface area contributed by atoms with Gasteiger partial charge in [-0.1, -0.05) is 0 Å². The van der Waals surface area contributed by atoms with Gasteiger partial charge in [0.2, 0.25) is 0 Å². The van der Waals surface area contributed by atoms with Crippen molar-refractivity contribution in [2.24, 2.45) is 0 Å². The number of ether oxygens (including phenoxy) is 1. The second-order valence-corrected chi connectivity index (χ2v) is 6.13. The highest BCUT2D eigenvalue weighted by Gasteiger charge is 2.19. The smallest absolute Gasteiger partial charge is 0.156 e. The average molecular weight is 323 g/mol. The van der Waals surface area contributed by atoms with Crippen LogP contribution in [0.2, 0.25) is 0 Å². The highest BCUT2D eigenvalue weighted by atomic mass is 16.5. The van der Waals surface area contributed by atoms with Gasteiger partial charge in [0.25, 0.3) is 0 Å². The molecule has 1 saturated heterocycles. The fraction of sp³-hybridized carbons (Fsp3) is 0.333. The van der Waals surface area contributed by atoms with Crippen molar-refractivity contribution in [3.8, 4) is 17.1 Å². The van der Waals surface area contributed by atoms with E-state index in [1.165, 1.54) is 0 Å². The molecule has 3 aromatic rings. The van der Waals surface area contributed by atoms with Crippen LogP contribution < -0.4 is 9.64 Å². The van der Waals surface area contributed by atoms with Gasteiger partial charge in [-0.2, -0.15) is 0 Å². The molecule has 4 rings (SSSR count). The molecule has 1 N–H and O–H groups in total. The zero-order valence-electron chi connectivity index (χ0n) is 14.0. The fourth-order valence-electron chi connectivity index (χ4n) is 3.06. The number of hydrogen-bond donors (Lipinski definition) is 1. The number of fused-ring (bicyclic) bond motifs is 1. The molecule has 0 saturated carbocycles. The Kier molecular flexibility index (Phi) is 3.82. The van der Waals surface area contributed by atoms with Crippen LogP contribution in [0.15, 0.2) is 36.5 Å². The highest BCUT2D eigenvalue weighted by molar-refractivity contribution is 5.88. The number of hydrogen-bond acceptors (Lipinski definition) is 5. The number of nitrogens with one attached hydrogen (secondary N) is 1. The van der Waals surface area contributed by atoms with Gasteiger partial charge in [0, 0.05) is 37.9 Å². The number of methoxy groups -OCH3 is 1. The molecule has 0 unspecified atom stereocenters. The van der Waals surface area contributed by atoms with Crippen LogP contribution in [0.1, 0.15) is 0 Å². The van der Waals surface area contributed by atoms with Gasteiger partial charge in [0.1, 0.15) is 17.1 Å². The predicted octanol–water partition coefficient (Wildman–Crippen LogP) is 2.39. The molecule has 3 heterocycles. The molecule has 1 fully saturated rings. The van der Waals surface area contributed by atoms with Gasteiger partial charge in [-0.25, -0.2) is 9.97 Å². The van der Waals surface area contributed by atoms with E-state index in [4.69, 9.17) is 9.72 Å². The second kappa shape index (κ2) is 6.13. The molecule has 0 bridgehead atoms. The van der Waals surface area contributed by atoms with Crippen LogP contribution in [0.5, 0.6) is 5.75 Å². The van der Waals surface area contributed by atoms with Crippen LogP contribution in [0.25, 0.3) is 22.4 Å². The summed E-state index contributed by atoms with van der Waals surface area (Å²) in [6.07, 6.45) is 1.85. The Labute approximate surface area is 141 Å². The Morgan fingerprint density at radius 3 is 2.50 bits per heavy atom. The lowest BCUT2D eigenvalue weighted by Gasteiger charge is -2.33. The molecule has 24 heavy (non-hydrogen) atoms. The fourth-order valence-corrected chi connectivity index (χ4v) is 3.06. The molecular formula is C18H21N5O. The van der Waals surface area contributed by atoms with E-state index in [1.807, 2.05) is 36.5 Å². The molecule has 0 amide bonds. The molecule has 0 spiro atoms. The van der Waals surface area contributed by atoms with Crippen molar-refractivity contribution in [2.45, 2.75) is 0 Å². The average Bonchev–Trinajstić information content (AvgIpc) is 3.07. The normalized spacial score (nSPS) is 15.8. The number of pyridine rings is 1. The lowest BCUT2D eigenvalue weighted by atomic mass is 10.2. The van der Waals surface area contributed by atoms with Crippen molar-refractivity contribution >= 4 is 16.9 Å². The second-order valence-electron chi connectivity index (χ2n) is 6.13. The highest BCUT2D eigenvalue weighted by Crippen LogP contribution is 2.27. The summed E-state index contributed by atoms with van der Waals surface area (Å²) >= 11 is 0. The summed E-state index contributed by atoms with van der Waals surface area (Å²) in [5.41, 5.74) is 2.99. The van der Waals surface area contributed by atoms with E-state index in [9.17, 15) is 0 Å². The number of aromatic amines is 1. The van der Waals surface area contributed by atoms with Crippen molar-refractivity contribution in [1.82, 2.24) is 19.9 Å². The SMILES string of the molecule is COc1ccc(-c2nc3c(N4CCN(C)CC4)nccc3[nH]2)cc1. The van der Waals surface area contributed by atoms with Crippen molar-refractivity contribution < 1.29 is 4.74 Å². The Morgan fingerprint density at radius 1 is 1.04 bits per heavy atom. The first-order valence-corrected chi connectivity index (χ1v) is 8.17. The summed E-state index contributed by atoms with van der Waals surface area (Å²) in [6.45, 7) is 4.06. The van der Waals surface area contributed by atoms with Crippen LogP contribution in [-0.4, -0.2) is 60.2 Å². The van der Waals surface area contributed by atoms with Crippen LogP contribution >= 0.6 is 0 Å². The number of likely N-dealkylation sites (N-methyl/N-ethyl adjacent to an activating group) is 1. The maximum Gasteiger partial charge on any atom is 0.156 e. The molecule has 6 heteroatoms. The van der Waals surface area contributed by atoms with E-state index in [2.05, 4.69) is 26.8 Å². The van der Waals surface area contributed by atoms with Crippen molar-refractivity contribution in [1.29, 1.82) is 0 Å². The number of aromatic nitrogens is 3. The lowest BCUT2D eigenvalue weighted by molar-refractivity contribution is 0.312. The molecule has 1 aliphatic heterocycles. The minimum Gasteiger partial charge on any atom is -0.497 e. The van der Waals surface area contributed by atoms with E-state index < -0.39 is 0 Å². The maximum absolute atomic E-state index is 5.22. The standard InChI is InChI=1S/C18H21N5O/c1-22-9-11-23(12-10-22)18-16-15(7-8-19-18)20-17(21-16)13-3-5-14(24-2)6-4-13/h3-8H,9-12H2,1-2H3,(H,20,21). The number of imidazole rings is 1. The van der Waals surface area contributed by atoms with Gasteiger partial charge in [-0.15, -0.1) is 0 Å².